The lowest BCUT2D eigenvalue weighted by atomic mass is 10.0. The summed E-state index contributed by atoms with van der Waals surface area (Å²) in [6.07, 6.45) is -5.30. The maximum atomic E-state index is 13.5. The largest absolute Gasteiger partial charge is 0.416 e. The van der Waals surface area contributed by atoms with Crippen molar-refractivity contribution in [3.05, 3.63) is 81.6 Å². The molecule has 0 radical (unpaired) electrons. The molecule has 1 aliphatic heterocycles. The summed E-state index contributed by atoms with van der Waals surface area (Å²) >= 11 is 1.14. The van der Waals surface area contributed by atoms with Gasteiger partial charge in [-0.15, -0.1) is 0 Å². The van der Waals surface area contributed by atoms with Crippen LogP contribution in [0.3, 0.4) is 0 Å². The van der Waals surface area contributed by atoms with Gasteiger partial charge in [-0.25, -0.2) is 0 Å². The van der Waals surface area contributed by atoms with Crippen molar-refractivity contribution < 1.29 is 31.1 Å². The SMILES string of the molecule is O=C1NC(=NCc2cn[nH]n2)S/C1=C\c1ccc2c(cnn2Cc2ccc(C(F)(F)F)cc2C(F)(F)F)c1. The second kappa shape index (κ2) is 9.63. The predicted octanol–water partition coefficient (Wildman–Crippen LogP) is 5.00. The Bertz CT molecular complexity index is 1570. The average Bonchev–Trinajstić information content (AvgIpc) is 3.58. The molecule has 8 nitrogen and oxygen atoms in total. The highest BCUT2D eigenvalue weighted by Crippen LogP contribution is 2.38. The van der Waals surface area contributed by atoms with Crippen molar-refractivity contribution in [3.8, 4) is 0 Å². The van der Waals surface area contributed by atoms with Crippen LogP contribution in [0.2, 0.25) is 0 Å². The van der Waals surface area contributed by atoms with E-state index in [1.807, 2.05) is 0 Å². The smallest absolute Gasteiger partial charge is 0.301 e. The molecule has 1 aliphatic rings. The molecule has 0 aliphatic carbocycles. The molecule has 15 heteroatoms. The number of nitrogens with one attached hydrogen (secondary N) is 2. The first-order valence-corrected chi connectivity index (χ1v) is 11.6. The minimum atomic E-state index is -4.98. The zero-order valence-electron chi connectivity index (χ0n) is 18.9. The maximum Gasteiger partial charge on any atom is 0.416 e. The molecular weight excluding hydrogens is 536 g/mol. The van der Waals surface area contributed by atoms with E-state index in [2.05, 4.69) is 30.8 Å². The van der Waals surface area contributed by atoms with Crippen LogP contribution in [0, 0.1) is 0 Å². The van der Waals surface area contributed by atoms with E-state index in [-0.39, 0.29) is 30.6 Å². The number of hydrogen-bond acceptors (Lipinski definition) is 6. The van der Waals surface area contributed by atoms with Gasteiger partial charge in [0.15, 0.2) is 5.17 Å². The van der Waals surface area contributed by atoms with Gasteiger partial charge in [-0.05, 0) is 53.2 Å². The zero-order valence-corrected chi connectivity index (χ0v) is 19.7. The summed E-state index contributed by atoms with van der Waals surface area (Å²) in [5.74, 6) is -0.341. The topological polar surface area (TPSA) is 101 Å². The summed E-state index contributed by atoms with van der Waals surface area (Å²) in [5.41, 5.74) is -1.39. The van der Waals surface area contributed by atoms with Gasteiger partial charge in [0.25, 0.3) is 5.91 Å². The summed E-state index contributed by atoms with van der Waals surface area (Å²) in [6.45, 7) is -0.160. The number of amidine groups is 1. The van der Waals surface area contributed by atoms with Crippen LogP contribution in [0.4, 0.5) is 26.3 Å². The normalized spacial score (nSPS) is 16.6. The first-order chi connectivity index (χ1) is 18.0. The number of hydrogen-bond donors (Lipinski definition) is 2. The third kappa shape index (κ3) is 5.41. The minimum Gasteiger partial charge on any atom is -0.301 e. The van der Waals surface area contributed by atoms with Crippen LogP contribution in [-0.4, -0.2) is 36.3 Å². The van der Waals surface area contributed by atoms with Gasteiger partial charge >= 0.3 is 12.4 Å². The lowest BCUT2D eigenvalue weighted by molar-refractivity contribution is -0.143. The Morgan fingerprint density at radius 1 is 1.03 bits per heavy atom. The van der Waals surface area contributed by atoms with Crippen LogP contribution in [0.15, 0.2) is 58.7 Å². The number of nitrogens with zero attached hydrogens (tertiary/aromatic N) is 5. The minimum absolute atomic E-state index is 0.110. The van der Waals surface area contributed by atoms with E-state index in [9.17, 15) is 31.1 Å². The lowest BCUT2D eigenvalue weighted by Gasteiger charge is -2.16. The number of thioether (sulfide) groups is 1. The molecule has 5 rings (SSSR count). The molecule has 0 atom stereocenters. The second-order valence-corrected chi connectivity index (χ2v) is 9.17. The van der Waals surface area contributed by atoms with Crippen molar-refractivity contribution in [3.63, 3.8) is 0 Å². The molecule has 2 N–H and O–H groups in total. The fraction of sp³-hybridized carbons (Fsp3) is 0.174. The molecule has 1 saturated heterocycles. The maximum absolute atomic E-state index is 13.5. The number of carbonyl (C=O) groups excluding carboxylic acids is 1. The van der Waals surface area contributed by atoms with Crippen molar-refractivity contribution in [2.24, 2.45) is 4.99 Å². The number of aromatic amines is 1. The summed E-state index contributed by atoms with van der Waals surface area (Å²) < 4.78 is 80.8. The molecule has 1 fully saturated rings. The molecule has 0 spiro atoms. The molecular formula is C23H15F6N7OS. The van der Waals surface area contributed by atoms with Gasteiger partial charge in [-0.3, -0.25) is 14.5 Å². The Morgan fingerprint density at radius 3 is 2.55 bits per heavy atom. The van der Waals surface area contributed by atoms with E-state index in [1.165, 1.54) is 17.1 Å². The highest BCUT2D eigenvalue weighted by molar-refractivity contribution is 8.18. The Hall–Kier alpha value is -4.14. The molecule has 4 aromatic rings. The van der Waals surface area contributed by atoms with E-state index >= 15 is 0 Å². The first-order valence-electron chi connectivity index (χ1n) is 10.8. The number of alkyl halides is 6. The van der Waals surface area contributed by atoms with Gasteiger partial charge in [0.2, 0.25) is 0 Å². The van der Waals surface area contributed by atoms with Crippen LogP contribution >= 0.6 is 11.8 Å². The van der Waals surface area contributed by atoms with Crippen LogP contribution in [-0.2, 0) is 30.2 Å². The van der Waals surface area contributed by atoms with Gasteiger partial charge in [0.05, 0.1) is 47.0 Å². The molecule has 2 aromatic heterocycles. The number of carbonyl (C=O) groups is 1. The summed E-state index contributed by atoms with van der Waals surface area (Å²) in [4.78, 5) is 17.0. The average molecular weight is 551 g/mol. The van der Waals surface area contributed by atoms with Crippen molar-refractivity contribution in [2.45, 2.75) is 25.4 Å². The number of H-pyrrole nitrogens is 1. The Labute approximate surface area is 213 Å². The molecule has 2 aromatic carbocycles. The van der Waals surface area contributed by atoms with Crippen LogP contribution in [0.5, 0.6) is 0 Å². The quantitative estimate of drug-likeness (QED) is 0.269. The monoisotopic (exact) mass is 551 g/mol. The Morgan fingerprint density at radius 2 is 1.84 bits per heavy atom. The van der Waals surface area contributed by atoms with Crippen molar-refractivity contribution in [1.82, 2.24) is 30.5 Å². The Kier molecular flexibility index (Phi) is 6.46. The van der Waals surface area contributed by atoms with E-state index in [1.54, 1.807) is 24.3 Å². The lowest BCUT2D eigenvalue weighted by Crippen LogP contribution is -2.19. The van der Waals surface area contributed by atoms with E-state index in [4.69, 9.17) is 0 Å². The van der Waals surface area contributed by atoms with Gasteiger partial charge < -0.3 is 5.32 Å². The highest BCUT2D eigenvalue weighted by Gasteiger charge is 2.38. The molecule has 0 saturated carbocycles. The summed E-state index contributed by atoms with van der Waals surface area (Å²) in [7, 11) is 0. The summed E-state index contributed by atoms with van der Waals surface area (Å²) in [6, 6.07) is 6.51. The van der Waals surface area contributed by atoms with Crippen LogP contribution in [0.1, 0.15) is 27.9 Å². The van der Waals surface area contributed by atoms with Crippen molar-refractivity contribution in [2.75, 3.05) is 0 Å². The third-order valence-electron chi connectivity index (χ3n) is 5.53. The molecule has 3 heterocycles. The van der Waals surface area contributed by atoms with Gasteiger partial charge in [-0.1, -0.05) is 12.1 Å². The molecule has 196 valence electrons. The van der Waals surface area contributed by atoms with Crippen LogP contribution < -0.4 is 5.32 Å². The van der Waals surface area contributed by atoms with Gasteiger partial charge in [0, 0.05) is 5.39 Å². The predicted molar refractivity (Wildman–Crippen MR) is 127 cm³/mol. The second-order valence-electron chi connectivity index (χ2n) is 8.14. The van der Waals surface area contributed by atoms with E-state index in [0.717, 1.165) is 17.8 Å². The van der Waals surface area contributed by atoms with Crippen LogP contribution in [0.25, 0.3) is 17.0 Å². The van der Waals surface area contributed by atoms with Gasteiger partial charge in [0.1, 0.15) is 5.69 Å². The number of aliphatic imine (C=N–C) groups is 1. The fourth-order valence-corrected chi connectivity index (χ4v) is 4.56. The van der Waals surface area contributed by atoms with E-state index in [0.29, 0.717) is 38.3 Å². The van der Waals surface area contributed by atoms with Crippen molar-refractivity contribution in [1.29, 1.82) is 0 Å². The Balaban J connectivity index is 1.38. The standard InChI is InChI=1S/C23H15F6N7OS/c24-22(25,26)15-3-2-13(17(7-15)23(27,28)29)11-36-18-4-1-12(5-14(18)8-32-36)6-19-20(37)33-21(38-19)30-9-16-10-31-35-34-16/h1-8,10H,9,11H2,(H,30,33,37)(H,31,34,35)/b19-6-. The molecule has 38 heavy (non-hydrogen) atoms. The molecule has 0 unspecified atom stereocenters. The zero-order chi connectivity index (χ0) is 27.1. The number of rotatable bonds is 5. The van der Waals surface area contributed by atoms with Gasteiger partial charge in [-0.2, -0.15) is 46.9 Å². The molecule has 0 bridgehead atoms. The van der Waals surface area contributed by atoms with E-state index < -0.39 is 23.5 Å². The molecule has 1 amide bonds. The van der Waals surface area contributed by atoms with Crippen molar-refractivity contribution >= 4 is 39.8 Å². The summed E-state index contributed by atoms with van der Waals surface area (Å²) in [5, 5.41) is 17.8. The number of fused-ring (bicyclic) bond motifs is 1. The fourth-order valence-electron chi connectivity index (χ4n) is 3.74. The number of halogens is 6. The number of benzene rings is 2. The number of amides is 1. The highest BCUT2D eigenvalue weighted by atomic mass is 32.2. The first kappa shape index (κ1) is 25.5. The third-order valence-corrected chi connectivity index (χ3v) is 6.47. The number of aromatic nitrogens is 5.